The van der Waals surface area contributed by atoms with Gasteiger partial charge in [0, 0.05) is 20.3 Å². The molecule has 76 valence electrons. The van der Waals surface area contributed by atoms with Crippen LogP contribution in [0.5, 0.6) is 0 Å². The monoisotopic (exact) mass is 188 g/mol. The summed E-state index contributed by atoms with van der Waals surface area (Å²) in [6.45, 7) is 3.26. The Morgan fingerprint density at radius 2 is 1.69 bits per heavy atom. The Kier molecular flexibility index (Phi) is 5.34. The van der Waals surface area contributed by atoms with Crippen LogP contribution in [0.3, 0.4) is 0 Å². The smallest absolute Gasteiger partial charge is 0.187 e. The fourth-order valence-electron chi connectivity index (χ4n) is 0.617. The molecule has 0 aliphatic heterocycles. The molecule has 1 N–H and O–H groups in total. The molecular formula is C9H16O4. The van der Waals surface area contributed by atoms with Crippen molar-refractivity contribution in [3.05, 3.63) is 11.8 Å². The van der Waals surface area contributed by atoms with E-state index in [2.05, 4.69) is 0 Å². The van der Waals surface area contributed by atoms with Crippen molar-refractivity contribution in [1.29, 1.82) is 0 Å². The number of aliphatic hydroxyl groups is 1. The summed E-state index contributed by atoms with van der Waals surface area (Å²) in [7, 11) is 2.89. The second-order valence-electron chi connectivity index (χ2n) is 2.73. The van der Waals surface area contributed by atoms with Gasteiger partial charge in [0.05, 0.1) is 0 Å². The first kappa shape index (κ1) is 12.1. The van der Waals surface area contributed by atoms with Gasteiger partial charge in [-0.2, -0.15) is 0 Å². The molecular weight excluding hydrogens is 172 g/mol. The van der Waals surface area contributed by atoms with Gasteiger partial charge < -0.3 is 14.6 Å². The topological polar surface area (TPSA) is 55.8 Å². The van der Waals surface area contributed by atoms with E-state index in [0.717, 1.165) is 6.08 Å². The van der Waals surface area contributed by atoms with Crippen molar-refractivity contribution in [3.63, 3.8) is 0 Å². The maximum absolute atomic E-state index is 11.2. The van der Waals surface area contributed by atoms with Crippen LogP contribution in [0.2, 0.25) is 0 Å². The minimum Gasteiger partial charge on any atom is -0.509 e. The minimum absolute atomic E-state index is 0.0867. The van der Waals surface area contributed by atoms with Crippen molar-refractivity contribution in [2.45, 2.75) is 26.1 Å². The number of ether oxygens (including phenoxy) is 2. The van der Waals surface area contributed by atoms with Crippen LogP contribution >= 0.6 is 0 Å². The molecule has 0 aromatic carbocycles. The number of methoxy groups -OCH3 is 2. The van der Waals surface area contributed by atoms with E-state index in [0.29, 0.717) is 0 Å². The Labute approximate surface area is 78.2 Å². The van der Waals surface area contributed by atoms with Crippen LogP contribution in [0.4, 0.5) is 0 Å². The number of hydrogen-bond acceptors (Lipinski definition) is 4. The number of hydrogen-bond donors (Lipinski definition) is 1. The highest BCUT2D eigenvalue weighted by Gasteiger charge is 2.12. The number of ketones is 1. The fraction of sp³-hybridized carbons (Fsp3) is 0.667. The average Bonchev–Trinajstić information content (AvgIpc) is 2.14. The zero-order chi connectivity index (χ0) is 10.4. The van der Waals surface area contributed by atoms with Crippen molar-refractivity contribution in [1.82, 2.24) is 0 Å². The average molecular weight is 188 g/mol. The molecule has 0 saturated carbocycles. The molecule has 0 bridgehead atoms. The Hall–Kier alpha value is -0.870. The van der Waals surface area contributed by atoms with Gasteiger partial charge in [-0.15, -0.1) is 0 Å². The molecule has 0 aromatic heterocycles. The van der Waals surface area contributed by atoms with Crippen molar-refractivity contribution >= 4 is 5.78 Å². The van der Waals surface area contributed by atoms with Gasteiger partial charge in [-0.3, -0.25) is 4.79 Å². The SMILES string of the molecule is COC(C)C(=O)C=C(O)C(C)OC. The molecule has 4 nitrogen and oxygen atoms in total. The van der Waals surface area contributed by atoms with Crippen molar-refractivity contribution in [2.75, 3.05) is 14.2 Å². The normalized spacial score (nSPS) is 16.8. The van der Waals surface area contributed by atoms with Crippen molar-refractivity contribution < 1.29 is 19.4 Å². The lowest BCUT2D eigenvalue weighted by atomic mass is 10.2. The molecule has 2 atom stereocenters. The highest BCUT2D eigenvalue weighted by molar-refractivity contribution is 5.93. The molecule has 0 rings (SSSR count). The number of carbonyl (C=O) groups excluding carboxylic acids is 1. The first-order chi connectivity index (χ1) is 6.02. The largest absolute Gasteiger partial charge is 0.509 e. The van der Waals surface area contributed by atoms with Gasteiger partial charge in [0.1, 0.15) is 18.0 Å². The first-order valence-electron chi connectivity index (χ1n) is 4.03. The van der Waals surface area contributed by atoms with Gasteiger partial charge in [-0.05, 0) is 13.8 Å². The molecule has 13 heavy (non-hydrogen) atoms. The molecule has 0 aromatic rings. The van der Waals surface area contributed by atoms with E-state index in [9.17, 15) is 9.90 Å². The highest BCUT2D eigenvalue weighted by Crippen LogP contribution is 2.03. The zero-order valence-electron chi connectivity index (χ0n) is 8.40. The first-order valence-corrected chi connectivity index (χ1v) is 4.03. The summed E-state index contributed by atoms with van der Waals surface area (Å²) >= 11 is 0. The van der Waals surface area contributed by atoms with Gasteiger partial charge >= 0.3 is 0 Å². The number of rotatable bonds is 5. The van der Waals surface area contributed by atoms with Gasteiger partial charge in [0.25, 0.3) is 0 Å². The van der Waals surface area contributed by atoms with Crippen LogP contribution in [0.15, 0.2) is 11.8 Å². The summed E-state index contributed by atoms with van der Waals surface area (Å²) in [6, 6.07) is 0. The lowest BCUT2D eigenvalue weighted by Gasteiger charge is -2.09. The lowest BCUT2D eigenvalue weighted by Crippen LogP contribution is -2.19. The molecule has 0 saturated heterocycles. The molecule has 0 fully saturated rings. The summed E-state index contributed by atoms with van der Waals surface area (Å²) in [4.78, 5) is 11.2. The van der Waals surface area contributed by atoms with E-state index in [1.165, 1.54) is 14.2 Å². The predicted molar refractivity (Wildman–Crippen MR) is 48.7 cm³/mol. The zero-order valence-corrected chi connectivity index (χ0v) is 8.40. The van der Waals surface area contributed by atoms with Crippen LogP contribution in [0.25, 0.3) is 0 Å². The molecule has 4 heteroatoms. The molecule has 2 unspecified atom stereocenters. The van der Waals surface area contributed by atoms with E-state index in [1.54, 1.807) is 13.8 Å². The quantitative estimate of drug-likeness (QED) is 0.518. The third kappa shape index (κ3) is 4.05. The maximum Gasteiger partial charge on any atom is 0.187 e. The molecule has 0 aliphatic carbocycles. The van der Waals surface area contributed by atoms with Gasteiger partial charge in [0.15, 0.2) is 5.78 Å². The predicted octanol–water partition coefficient (Wildman–Crippen LogP) is 1.07. The Morgan fingerprint density at radius 3 is 2.08 bits per heavy atom. The van der Waals surface area contributed by atoms with Crippen LogP contribution in [-0.4, -0.2) is 37.3 Å². The molecule has 0 radical (unpaired) electrons. The summed E-state index contributed by atoms with van der Waals surface area (Å²) in [5.41, 5.74) is 0. The second-order valence-corrected chi connectivity index (χ2v) is 2.73. The van der Waals surface area contributed by atoms with Gasteiger partial charge in [-0.1, -0.05) is 0 Å². The van der Waals surface area contributed by atoms with Crippen LogP contribution < -0.4 is 0 Å². The standard InChI is InChI=1S/C9H16O4/c1-6(12-3)8(10)5-9(11)7(2)13-4/h5-7,10H,1-4H3. The third-order valence-electron chi connectivity index (χ3n) is 1.81. The van der Waals surface area contributed by atoms with Crippen LogP contribution in [-0.2, 0) is 14.3 Å². The van der Waals surface area contributed by atoms with Crippen LogP contribution in [0.1, 0.15) is 13.8 Å². The van der Waals surface area contributed by atoms with E-state index in [1.807, 2.05) is 0 Å². The molecule has 0 spiro atoms. The summed E-state index contributed by atoms with van der Waals surface area (Å²) in [5.74, 6) is -0.361. The second kappa shape index (κ2) is 5.72. The Bertz CT molecular complexity index is 198. The summed E-state index contributed by atoms with van der Waals surface area (Å²) < 4.78 is 9.60. The van der Waals surface area contributed by atoms with E-state index in [-0.39, 0.29) is 11.5 Å². The van der Waals surface area contributed by atoms with Crippen LogP contribution in [0, 0.1) is 0 Å². The summed E-state index contributed by atoms with van der Waals surface area (Å²) in [5, 5.41) is 9.29. The number of carbonyl (C=O) groups is 1. The van der Waals surface area contributed by atoms with Gasteiger partial charge in [-0.25, -0.2) is 0 Å². The number of aliphatic hydroxyl groups excluding tert-OH is 1. The van der Waals surface area contributed by atoms with Crippen molar-refractivity contribution in [2.24, 2.45) is 0 Å². The van der Waals surface area contributed by atoms with E-state index in [4.69, 9.17) is 9.47 Å². The lowest BCUT2D eigenvalue weighted by molar-refractivity contribution is -0.123. The minimum atomic E-state index is -0.536. The molecule has 0 aliphatic rings. The third-order valence-corrected chi connectivity index (χ3v) is 1.81. The molecule has 0 heterocycles. The Balaban J connectivity index is 4.29. The highest BCUT2D eigenvalue weighted by atomic mass is 16.5. The van der Waals surface area contributed by atoms with Crippen molar-refractivity contribution in [3.8, 4) is 0 Å². The van der Waals surface area contributed by atoms with E-state index < -0.39 is 12.2 Å². The fourth-order valence-corrected chi connectivity index (χ4v) is 0.617. The Morgan fingerprint density at radius 1 is 1.23 bits per heavy atom. The van der Waals surface area contributed by atoms with Gasteiger partial charge in [0.2, 0.25) is 0 Å². The molecule has 0 amide bonds. The maximum atomic E-state index is 11.2. The summed E-state index contributed by atoms with van der Waals surface area (Å²) in [6.07, 6.45) is 0.127. The van der Waals surface area contributed by atoms with E-state index >= 15 is 0 Å².